The van der Waals surface area contributed by atoms with Gasteiger partial charge in [-0.25, -0.2) is 4.79 Å². The van der Waals surface area contributed by atoms with Crippen LogP contribution in [0.2, 0.25) is 5.02 Å². The smallest absolute Gasteiger partial charge is 0.319 e. The van der Waals surface area contributed by atoms with Gasteiger partial charge in [0.05, 0.1) is 29.3 Å². The summed E-state index contributed by atoms with van der Waals surface area (Å²) in [7, 11) is 0. The Balaban J connectivity index is 1.45. The Labute approximate surface area is 173 Å². The molecule has 7 nitrogen and oxygen atoms in total. The van der Waals surface area contributed by atoms with Gasteiger partial charge in [0.1, 0.15) is 11.3 Å². The lowest BCUT2D eigenvalue weighted by atomic mass is 9.74. The Kier molecular flexibility index (Phi) is 4.72. The minimum Gasteiger partial charge on any atom is -0.459 e. The van der Waals surface area contributed by atoms with Crippen LogP contribution in [-0.2, 0) is 18.6 Å². The number of amides is 2. The minimum atomic E-state index is -0.401. The third kappa shape index (κ3) is 3.38. The van der Waals surface area contributed by atoms with Crippen molar-refractivity contribution in [1.29, 1.82) is 0 Å². The molecule has 3 N–H and O–H groups in total. The maximum absolute atomic E-state index is 12.3. The molecule has 8 heteroatoms. The number of hydrogen-bond acceptors (Lipinski definition) is 4. The van der Waals surface area contributed by atoms with E-state index in [1.807, 2.05) is 29.1 Å². The molecule has 1 saturated carbocycles. The number of aromatic nitrogens is 2. The maximum atomic E-state index is 12.3. The van der Waals surface area contributed by atoms with Crippen molar-refractivity contribution in [2.24, 2.45) is 0 Å². The number of carbonyl (C=O) groups excluding carboxylic acids is 1. The Morgan fingerprint density at radius 2 is 2.14 bits per heavy atom. The van der Waals surface area contributed by atoms with Crippen molar-refractivity contribution < 1.29 is 9.21 Å². The third-order valence-electron chi connectivity index (χ3n) is 5.96. The molecule has 29 heavy (non-hydrogen) atoms. The zero-order valence-electron chi connectivity index (χ0n) is 16.1. The molecule has 152 valence electrons. The van der Waals surface area contributed by atoms with E-state index < -0.39 is 5.54 Å². The SMILES string of the molecule is O=C1Nc2c(Cl)cc3cc(CNCCn4cccn4)oc3c2C2(CCCCC2)N1. The van der Waals surface area contributed by atoms with Crippen LogP contribution in [0.1, 0.15) is 43.4 Å². The van der Waals surface area contributed by atoms with E-state index >= 15 is 0 Å². The topological polar surface area (TPSA) is 84.1 Å². The Morgan fingerprint density at radius 1 is 1.28 bits per heavy atom. The van der Waals surface area contributed by atoms with Crippen LogP contribution in [0.5, 0.6) is 0 Å². The number of furan rings is 1. The molecule has 1 aliphatic carbocycles. The average Bonchev–Trinajstić information content (AvgIpc) is 3.35. The molecular formula is C21H24ClN5O2. The molecule has 1 aromatic carbocycles. The molecule has 2 amide bonds. The van der Waals surface area contributed by atoms with Crippen molar-refractivity contribution in [3.8, 4) is 0 Å². The fourth-order valence-corrected chi connectivity index (χ4v) is 4.92. The van der Waals surface area contributed by atoms with Gasteiger partial charge in [-0.1, -0.05) is 30.9 Å². The number of nitrogens with one attached hydrogen (secondary N) is 3. The van der Waals surface area contributed by atoms with E-state index in [2.05, 4.69) is 21.0 Å². The summed E-state index contributed by atoms with van der Waals surface area (Å²) in [4.78, 5) is 12.3. The zero-order chi connectivity index (χ0) is 19.8. The van der Waals surface area contributed by atoms with Gasteiger partial charge in [-0.3, -0.25) is 4.68 Å². The van der Waals surface area contributed by atoms with E-state index in [4.69, 9.17) is 16.0 Å². The first kappa shape index (κ1) is 18.5. The second-order valence-electron chi connectivity index (χ2n) is 7.91. The average molecular weight is 414 g/mol. The molecule has 1 aliphatic heterocycles. The maximum Gasteiger partial charge on any atom is 0.319 e. The lowest BCUT2D eigenvalue weighted by Crippen LogP contribution is -2.52. The van der Waals surface area contributed by atoms with E-state index in [-0.39, 0.29) is 6.03 Å². The van der Waals surface area contributed by atoms with Crippen LogP contribution in [0.15, 0.2) is 35.0 Å². The van der Waals surface area contributed by atoms with E-state index in [0.717, 1.165) is 61.1 Å². The van der Waals surface area contributed by atoms with Gasteiger partial charge in [-0.05, 0) is 31.0 Å². The van der Waals surface area contributed by atoms with Gasteiger partial charge in [0.15, 0.2) is 0 Å². The highest BCUT2D eigenvalue weighted by Crippen LogP contribution is 2.48. The summed E-state index contributed by atoms with van der Waals surface area (Å²) < 4.78 is 8.18. The molecule has 1 fully saturated rings. The molecule has 3 aromatic rings. The van der Waals surface area contributed by atoms with E-state index in [0.29, 0.717) is 17.3 Å². The molecule has 2 aliphatic rings. The number of nitrogens with zero attached hydrogens (tertiary/aromatic N) is 2. The normalized spacial score (nSPS) is 17.9. The molecule has 5 rings (SSSR count). The number of rotatable bonds is 5. The van der Waals surface area contributed by atoms with Gasteiger partial charge < -0.3 is 20.4 Å². The first-order chi connectivity index (χ1) is 14.1. The van der Waals surface area contributed by atoms with Crippen molar-refractivity contribution in [1.82, 2.24) is 20.4 Å². The van der Waals surface area contributed by atoms with Crippen LogP contribution in [0.3, 0.4) is 0 Å². The van der Waals surface area contributed by atoms with E-state index in [9.17, 15) is 4.79 Å². The van der Waals surface area contributed by atoms with Gasteiger partial charge in [-0.2, -0.15) is 5.10 Å². The second kappa shape index (κ2) is 7.39. The summed E-state index contributed by atoms with van der Waals surface area (Å²) in [5.74, 6) is 0.854. The molecule has 3 heterocycles. The van der Waals surface area contributed by atoms with Crippen molar-refractivity contribution in [2.75, 3.05) is 11.9 Å². The predicted molar refractivity (Wildman–Crippen MR) is 112 cm³/mol. The van der Waals surface area contributed by atoms with Crippen LogP contribution in [0.4, 0.5) is 10.5 Å². The van der Waals surface area contributed by atoms with Crippen LogP contribution in [0.25, 0.3) is 11.0 Å². The lowest BCUT2D eigenvalue weighted by molar-refractivity contribution is 0.209. The number of fused-ring (bicyclic) bond motifs is 4. The Morgan fingerprint density at radius 3 is 2.93 bits per heavy atom. The number of anilines is 1. The van der Waals surface area contributed by atoms with Crippen LogP contribution >= 0.6 is 11.6 Å². The first-order valence-corrected chi connectivity index (χ1v) is 10.6. The Bertz CT molecular complexity index is 1040. The number of benzene rings is 1. The predicted octanol–water partition coefficient (Wildman–Crippen LogP) is 4.37. The fourth-order valence-electron chi connectivity index (χ4n) is 4.66. The van der Waals surface area contributed by atoms with Crippen molar-refractivity contribution in [2.45, 2.75) is 50.7 Å². The number of carbonyl (C=O) groups is 1. The van der Waals surface area contributed by atoms with Gasteiger partial charge in [0, 0.05) is 29.9 Å². The highest BCUT2D eigenvalue weighted by molar-refractivity contribution is 6.35. The van der Waals surface area contributed by atoms with Crippen molar-refractivity contribution >= 4 is 34.3 Å². The summed E-state index contributed by atoms with van der Waals surface area (Å²) in [5, 5.41) is 15.2. The standard InChI is InChI=1S/C21H24ClN5O2/c22-16-12-14-11-15(13-23-8-10-27-9-4-7-24-27)29-19(14)17-18(16)25-20(28)26-21(17)5-2-1-3-6-21/h4,7,9,11-12,23H,1-3,5-6,8,10,13H2,(H2,25,26,28). The number of halogens is 1. The molecule has 1 spiro atoms. The largest absolute Gasteiger partial charge is 0.459 e. The first-order valence-electron chi connectivity index (χ1n) is 10.2. The molecular weight excluding hydrogens is 390 g/mol. The molecule has 0 bridgehead atoms. The third-order valence-corrected chi connectivity index (χ3v) is 6.26. The second-order valence-corrected chi connectivity index (χ2v) is 8.31. The summed E-state index contributed by atoms with van der Waals surface area (Å²) in [6, 6.07) is 5.65. The monoisotopic (exact) mass is 413 g/mol. The van der Waals surface area contributed by atoms with E-state index in [1.165, 1.54) is 6.42 Å². The molecule has 0 radical (unpaired) electrons. The highest BCUT2D eigenvalue weighted by Gasteiger charge is 2.43. The van der Waals surface area contributed by atoms with Crippen LogP contribution < -0.4 is 16.0 Å². The van der Waals surface area contributed by atoms with Crippen molar-refractivity contribution in [3.05, 3.63) is 46.9 Å². The van der Waals surface area contributed by atoms with E-state index in [1.54, 1.807) is 6.20 Å². The Hall–Kier alpha value is -2.51. The van der Waals surface area contributed by atoms with Crippen molar-refractivity contribution in [3.63, 3.8) is 0 Å². The summed E-state index contributed by atoms with van der Waals surface area (Å²) in [6.45, 7) is 2.21. The van der Waals surface area contributed by atoms with Gasteiger partial charge in [0.25, 0.3) is 0 Å². The fraction of sp³-hybridized carbons (Fsp3) is 0.429. The zero-order valence-corrected chi connectivity index (χ0v) is 16.9. The number of urea groups is 1. The quantitative estimate of drug-likeness (QED) is 0.542. The van der Waals surface area contributed by atoms with Crippen LogP contribution in [-0.4, -0.2) is 22.4 Å². The molecule has 0 saturated heterocycles. The minimum absolute atomic E-state index is 0.187. The summed E-state index contributed by atoms with van der Waals surface area (Å²) in [5.41, 5.74) is 2.11. The highest BCUT2D eigenvalue weighted by atomic mass is 35.5. The van der Waals surface area contributed by atoms with Gasteiger partial charge in [-0.15, -0.1) is 0 Å². The summed E-state index contributed by atoms with van der Waals surface area (Å²) in [6.07, 6.45) is 8.88. The van der Waals surface area contributed by atoms with Gasteiger partial charge in [0.2, 0.25) is 0 Å². The lowest BCUT2D eigenvalue weighted by Gasteiger charge is -2.42. The molecule has 0 atom stereocenters. The molecule has 2 aromatic heterocycles. The van der Waals surface area contributed by atoms with Crippen LogP contribution in [0, 0.1) is 0 Å². The summed E-state index contributed by atoms with van der Waals surface area (Å²) >= 11 is 6.57. The van der Waals surface area contributed by atoms with Gasteiger partial charge >= 0.3 is 6.03 Å². The molecule has 0 unspecified atom stereocenters. The number of hydrogen-bond donors (Lipinski definition) is 3.